The number of anilines is 3. The number of nitrogen functional groups attached to an aromatic ring is 1. The van der Waals surface area contributed by atoms with Crippen molar-refractivity contribution in [3.8, 4) is 0 Å². The second-order valence-corrected chi connectivity index (χ2v) is 9.28. The molecule has 186 valence electrons. The lowest BCUT2D eigenvalue weighted by molar-refractivity contribution is -0.388. The lowest BCUT2D eigenvalue weighted by Gasteiger charge is -2.34. The van der Waals surface area contributed by atoms with Crippen molar-refractivity contribution in [2.45, 2.75) is 47.1 Å². The van der Waals surface area contributed by atoms with Gasteiger partial charge >= 0.3 is 18.0 Å². The van der Waals surface area contributed by atoms with E-state index in [9.17, 15) is 19.7 Å². The van der Waals surface area contributed by atoms with Crippen LogP contribution < -0.4 is 16.0 Å². The Kier molecular flexibility index (Phi) is 9.72. The van der Waals surface area contributed by atoms with Gasteiger partial charge in [0.2, 0.25) is 0 Å². The molecule has 3 N–H and O–H groups in total. The zero-order valence-electron chi connectivity index (χ0n) is 20.5. The van der Waals surface area contributed by atoms with Crippen LogP contribution in [0.4, 0.5) is 32.6 Å². The van der Waals surface area contributed by atoms with Gasteiger partial charge in [-0.05, 0) is 60.4 Å². The Balaban J connectivity index is 0.000000342. The summed E-state index contributed by atoms with van der Waals surface area (Å²) in [6.45, 7) is 11.6. The van der Waals surface area contributed by atoms with Crippen LogP contribution >= 0.6 is 0 Å². The van der Waals surface area contributed by atoms with Crippen LogP contribution in [0.3, 0.4) is 0 Å². The molecule has 2 rings (SSSR count). The van der Waals surface area contributed by atoms with E-state index in [0.29, 0.717) is 11.5 Å². The Morgan fingerprint density at radius 1 is 1.12 bits per heavy atom. The summed E-state index contributed by atoms with van der Waals surface area (Å²) in [6, 6.07) is 6.35. The SMILES string of the molecule is CC(C)(C)COC(=O)Nc1cccnc1[N+](=O)[O-].COC(=O)N(c1cccnc1N)C(C)(C)C. The van der Waals surface area contributed by atoms with Gasteiger partial charge in [-0.15, -0.1) is 0 Å². The highest BCUT2D eigenvalue weighted by atomic mass is 16.6. The number of nitrogens with one attached hydrogen (secondary N) is 1. The van der Waals surface area contributed by atoms with Gasteiger partial charge in [-0.3, -0.25) is 10.2 Å². The Labute approximate surface area is 198 Å². The first-order valence-corrected chi connectivity index (χ1v) is 10.3. The molecule has 2 amide bonds. The zero-order valence-corrected chi connectivity index (χ0v) is 20.5. The minimum Gasteiger partial charge on any atom is -0.452 e. The monoisotopic (exact) mass is 476 g/mol. The average Bonchev–Trinajstić information content (AvgIpc) is 2.73. The van der Waals surface area contributed by atoms with Crippen LogP contribution in [0.5, 0.6) is 0 Å². The molecule has 0 aliphatic heterocycles. The van der Waals surface area contributed by atoms with E-state index in [0.717, 1.165) is 0 Å². The molecule has 2 aromatic heterocycles. The predicted octanol–water partition coefficient (Wildman–Crippen LogP) is 4.62. The van der Waals surface area contributed by atoms with E-state index >= 15 is 0 Å². The molecule has 0 spiro atoms. The Morgan fingerprint density at radius 3 is 2.21 bits per heavy atom. The second-order valence-electron chi connectivity index (χ2n) is 9.28. The van der Waals surface area contributed by atoms with Gasteiger partial charge < -0.3 is 25.3 Å². The number of hydrogen-bond acceptors (Lipinski definition) is 9. The topological polar surface area (TPSA) is 163 Å². The Morgan fingerprint density at radius 2 is 1.71 bits per heavy atom. The van der Waals surface area contributed by atoms with E-state index in [1.165, 1.54) is 30.3 Å². The number of aromatic nitrogens is 2. The molecule has 0 unspecified atom stereocenters. The molecule has 0 fully saturated rings. The predicted molar refractivity (Wildman–Crippen MR) is 129 cm³/mol. The standard InChI is InChI=1S/C11H15N3O4.C11H17N3O2/c1-11(2,3)7-18-10(15)13-8-5-4-6-12-9(8)14(16)17;1-11(2,3)14(10(15)16-4)8-6-5-7-13-9(8)12/h4-6H,7H2,1-3H3,(H,13,15);5-7H,1-4H3,(H2,12,13). The molecule has 0 aliphatic carbocycles. The number of hydrogen-bond donors (Lipinski definition) is 2. The quantitative estimate of drug-likeness (QED) is 0.473. The fraction of sp³-hybridized carbons (Fsp3) is 0.455. The number of carbonyl (C=O) groups is 2. The summed E-state index contributed by atoms with van der Waals surface area (Å²) in [6.07, 6.45) is 1.68. The molecule has 0 saturated carbocycles. The second kappa shape index (κ2) is 11.8. The van der Waals surface area contributed by atoms with Gasteiger partial charge in [-0.25, -0.2) is 14.6 Å². The number of nitro groups is 1. The zero-order chi connectivity index (χ0) is 26.1. The number of methoxy groups -OCH3 is 1. The first-order valence-electron chi connectivity index (χ1n) is 10.3. The van der Waals surface area contributed by atoms with E-state index in [1.807, 2.05) is 41.5 Å². The van der Waals surface area contributed by atoms with Crippen LogP contribution in [0.2, 0.25) is 0 Å². The number of nitrogens with two attached hydrogens (primary N) is 1. The average molecular weight is 477 g/mol. The largest absolute Gasteiger partial charge is 0.452 e. The van der Waals surface area contributed by atoms with Crippen molar-refractivity contribution in [3.63, 3.8) is 0 Å². The lowest BCUT2D eigenvalue weighted by Crippen LogP contribution is -2.46. The van der Waals surface area contributed by atoms with E-state index < -0.39 is 28.5 Å². The van der Waals surface area contributed by atoms with Crippen LogP contribution in [-0.4, -0.2) is 46.3 Å². The van der Waals surface area contributed by atoms with Crippen LogP contribution in [-0.2, 0) is 9.47 Å². The fourth-order valence-electron chi connectivity index (χ4n) is 2.49. The number of ether oxygens (including phenoxy) is 2. The molecular formula is C22H32N6O6. The van der Waals surface area contributed by atoms with Crippen molar-refractivity contribution in [2.75, 3.05) is 29.7 Å². The van der Waals surface area contributed by atoms with Crippen LogP contribution in [0.25, 0.3) is 0 Å². The number of pyridine rings is 2. The van der Waals surface area contributed by atoms with E-state index in [1.54, 1.807) is 18.3 Å². The molecule has 2 aromatic rings. The van der Waals surface area contributed by atoms with Crippen LogP contribution in [0.15, 0.2) is 36.7 Å². The van der Waals surface area contributed by atoms with Crippen molar-refractivity contribution in [1.29, 1.82) is 0 Å². The first kappa shape index (κ1) is 28.1. The van der Waals surface area contributed by atoms with Crippen molar-refractivity contribution >= 4 is 35.2 Å². The molecule has 0 atom stereocenters. The highest BCUT2D eigenvalue weighted by Crippen LogP contribution is 2.28. The van der Waals surface area contributed by atoms with Crippen molar-refractivity contribution in [2.24, 2.45) is 5.41 Å². The molecule has 0 radical (unpaired) electrons. The minimum absolute atomic E-state index is 0.0152. The smallest absolute Gasteiger partial charge is 0.414 e. The summed E-state index contributed by atoms with van der Waals surface area (Å²) in [5.41, 5.74) is 5.73. The van der Waals surface area contributed by atoms with Gasteiger partial charge in [0.1, 0.15) is 17.7 Å². The van der Waals surface area contributed by atoms with Crippen molar-refractivity contribution in [1.82, 2.24) is 9.97 Å². The van der Waals surface area contributed by atoms with Gasteiger partial charge in [-0.1, -0.05) is 20.8 Å². The summed E-state index contributed by atoms with van der Waals surface area (Å²) in [4.78, 5) is 42.2. The van der Waals surface area contributed by atoms with Crippen LogP contribution in [0, 0.1) is 15.5 Å². The summed E-state index contributed by atoms with van der Waals surface area (Å²) in [5.74, 6) is -0.104. The maximum Gasteiger partial charge on any atom is 0.414 e. The third kappa shape index (κ3) is 8.88. The van der Waals surface area contributed by atoms with Gasteiger partial charge in [0.05, 0.1) is 19.4 Å². The fourth-order valence-corrected chi connectivity index (χ4v) is 2.49. The summed E-state index contributed by atoms with van der Waals surface area (Å²) < 4.78 is 9.70. The molecular weight excluding hydrogens is 444 g/mol. The third-order valence-electron chi connectivity index (χ3n) is 3.92. The highest BCUT2D eigenvalue weighted by molar-refractivity contribution is 5.92. The minimum atomic E-state index is -0.735. The molecule has 0 bridgehead atoms. The van der Waals surface area contributed by atoms with E-state index in [-0.39, 0.29) is 17.7 Å². The Bertz CT molecular complexity index is 1000. The molecule has 0 saturated heterocycles. The maximum atomic E-state index is 11.7. The van der Waals surface area contributed by atoms with Gasteiger partial charge in [0.15, 0.2) is 0 Å². The van der Waals surface area contributed by atoms with Gasteiger partial charge in [0, 0.05) is 11.7 Å². The third-order valence-corrected chi connectivity index (χ3v) is 3.92. The van der Waals surface area contributed by atoms with Crippen LogP contribution in [0.1, 0.15) is 41.5 Å². The van der Waals surface area contributed by atoms with E-state index in [2.05, 4.69) is 15.3 Å². The highest BCUT2D eigenvalue weighted by Gasteiger charge is 2.30. The summed E-state index contributed by atoms with van der Waals surface area (Å²) >= 11 is 0. The molecule has 2 heterocycles. The molecule has 0 aliphatic rings. The normalized spacial score (nSPS) is 10.9. The summed E-state index contributed by atoms with van der Waals surface area (Å²) in [7, 11) is 1.34. The van der Waals surface area contributed by atoms with E-state index in [4.69, 9.17) is 15.2 Å². The number of rotatable bonds is 4. The molecule has 0 aromatic carbocycles. The lowest BCUT2D eigenvalue weighted by atomic mass is 9.99. The van der Waals surface area contributed by atoms with Gasteiger partial charge in [-0.2, -0.15) is 0 Å². The maximum absolute atomic E-state index is 11.7. The molecule has 34 heavy (non-hydrogen) atoms. The molecule has 12 heteroatoms. The number of nitrogens with zero attached hydrogens (tertiary/aromatic N) is 4. The Hall–Kier alpha value is -3.96. The first-order chi connectivity index (χ1) is 15.7. The number of carbonyl (C=O) groups excluding carboxylic acids is 2. The van der Waals surface area contributed by atoms with Crippen molar-refractivity contribution in [3.05, 3.63) is 46.8 Å². The van der Waals surface area contributed by atoms with Gasteiger partial charge in [0.25, 0.3) is 0 Å². The summed E-state index contributed by atoms with van der Waals surface area (Å²) in [5, 5.41) is 13.0. The van der Waals surface area contributed by atoms with Crippen molar-refractivity contribution < 1.29 is 24.0 Å². The molecule has 12 nitrogen and oxygen atoms in total. The number of amides is 2.